The first kappa shape index (κ1) is 19.0. The third kappa shape index (κ3) is 3.46. The van der Waals surface area contributed by atoms with E-state index in [0.717, 1.165) is 17.4 Å². The fraction of sp³-hybridized carbons (Fsp3) is 0.333. The lowest BCUT2D eigenvalue weighted by atomic mass is 10.1. The van der Waals surface area contributed by atoms with Gasteiger partial charge in [0.05, 0.1) is 24.1 Å². The molecule has 8 heteroatoms. The maximum absolute atomic E-state index is 13.5. The number of aryl methyl sites for hydroxylation is 1. The average molecular weight is 397 g/mol. The molecule has 7 nitrogen and oxygen atoms in total. The lowest BCUT2D eigenvalue weighted by molar-refractivity contribution is 0.0528. The Kier molecular flexibility index (Phi) is 4.77. The number of hydrogen-bond acceptors (Lipinski definition) is 5. The third-order valence-electron chi connectivity index (χ3n) is 5.04. The van der Waals surface area contributed by atoms with E-state index in [1.165, 1.54) is 29.8 Å². The van der Waals surface area contributed by atoms with Crippen LogP contribution in [0.5, 0.6) is 0 Å². The number of rotatable bonds is 5. The summed E-state index contributed by atoms with van der Waals surface area (Å²) >= 11 is 0. The summed E-state index contributed by atoms with van der Waals surface area (Å²) in [5.41, 5.74) is 0.171. The van der Waals surface area contributed by atoms with Gasteiger partial charge in [0.2, 0.25) is 0 Å². The fourth-order valence-corrected chi connectivity index (χ4v) is 3.41. The van der Waals surface area contributed by atoms with Gasteiger partial charge in [-0.1, -0.05) is 12.1 Å². The first-order chi connectivity index (χ1) is 13.9. The first-order valence-electron chi connectivity index (χ1n) is 9.46. The second-order valence-electron chi connectivity index (χ2n) is 7.15. The largest absolute Gasteiger partial charge is 0.462 e. The van der Waals surface area contributed by atoms with Gasteiger partial charge < -0.3 is 4.74 Å². The van der Waals surface area contributed by atoms with Crippen LogP contribution in [0.4, 0.5) is 4.39 Å². The van der Waals surface area contributed by atoms with Crippen molar-refractivity contribution in [2.45, 2.75) is 32.2 Å². The molecule has 0 spiro atoms. The molecule has 0 saturated heterocycles. The third-order valence-corrected chi connectivity index (χ3v) is 5.04. The number of fused-ring (bicyclic) bond motifs is 1. The topological polar surface area (TPSA) is 83.2 Å². The van der Waals surface area contributed by atoms with E-state index in [1.807, 2.05) is 0 Å². The second-order valence-corrected chi connectivity index (χ2v) is 7.15. The number of ether oxygens (including phenoxy) is 1. The minimum Gasteiger partial charge on any atom is -0.462 e. The van der Waals surface area contributed by atoms with Crippen LogP contribution >= 0.6 is 0 Å². The van der Waals surface area contributed by atoms with Crippen molar-refractivity contribution in [3.63, 3.8) is 0 Å². The molecule has 0 aliphatic heterocycles. The van der Waals surface area contributed by atoms with E-state index in [1.54, 1.807) is 19.1 Å². The molecule has 2 heterocycles. The summed E-state index contributed by atoms with van der Waals surface area (Å²) in [7, 11) is 1.50. The molecule has 3 aromatic rings. The van der Waals surface area contributed by atoms with Crippen molar-refractivity contribution in [3.05, 3.63) is 73.8 Å². The molecule has 1 aliphatic rings. The van der Waals surface area contributed by atoms with Crippen molar-refractivity contribution in [1.82, 2.24) is 14.1 Å². The van der Waals surface area contributed by atoms with Crippen LogP contribution in [-0.2, 0) is 18.3 Å². The summed E-state index contributed by atoms with van der Waals surface area (Å²) in [4.78, 5) is 43.2. The van der Waals surface area contributed by atoms with Gasteiger partial charge in [0.1, 0.15) is 11.5 Å². The molecular weight excluding hydrogens is 377 g/mol. The van der Waals surface area contributed by atoms with Crippen molar-refractivity contribution < 1.29 is 13.9 Å². The predicted octanol–water partition coefficient (Wildman–Crippen LogP) is 2.34. The van der Waals surface area contributed by atoms with Crippen molar-refractivity contribution >= 4 is 17.0 Å². The maximum Gasteiger partial charge on any atom is 0.339 e. The van der Waals surface area contributed by atoms with Crippen LogP contribution < -0.4 is 11.2 Å². The van der Waals surface area contributed by atoms with Gasteiger partial charge in [-0.25, -0.2) is 19.0 Å². The van der Waals surface area contributed by atoms with Crippen LogP contribution in [0.3, 0.4) is 0 Å². The predicted molar refractivity (Wildman–Crippen MR) is 105 cm³/mol. The second kappa shape index (κ2) is 7.27. The molecule has 1 aliphatic carbocycles. The Morgan fingerprint density at radius 2 is 2.03 bits per heavy atom. The highest BCUT2D eigenvalue weighted by Crippen LogP contribution is 2.39. The number of esters is 1. The highest BCUT2D eigenvalue weighted by Gasteiger charge is 2.29. The van der Waals surface area contributed by atoms with Crippen LogP contribution in [0.15, 0.2) is 39.9 Å². The van der Waals surface area contributed by atoms with E-state index in [-0.39, 0.29) is 35.7 Å². The maximum atomic E-state index is 13.5. The summed E-state index contributed by atoms with van der Waals surface area (Å²) in [5.74, 6) is -0.872. The number of halogens is 1. The molecule has 4 rings (SSSR count). The monoisotopic (exact) mass is 397 g/mol. The average Bonchev–Trinajstić information content (AvgIpc) is 3.54. The molecule has 0 amide bonds. The molecule has 0 atom stereocenters. The van der Waals surface area contributed by atoms with Gasteiger partial charge >= 0.3 is 11.7 Å². The van der Waals surface area contributed by atoms with Crippen LogP contribution in [0.1, 0.15) is 47.3 Å². The summed E-state index contributed by atoms with van der Waals surface area (Å²) in [5, 5.41) is 0.0337. The number of carbonyl (C=O) groups is 1. The number of nitrogens with zero attached hydrogens (tertiary/aromatic N) is 3. The molecule has 0 bridgehead atoms. The Balaban J connectivity index is 1.98. The van der Waals surface area contributed by atoms with E-state index in [2.05, 4.69) is 4.98 Å². The van der Waals surface area contributed by atoms with Gasteiger partial charge in [-0.2, -0.15) is 0 Å². The highest BCUT2D eigenvalue weighted by atomic mass is 19.1. The van der Waals surface area contributed by atoms with Crippen molar-refractivity contribution in [1.29, 1.82) is 0 Å². The van der Waals surface area contributed by atoms with Crippen molar-refractivity contribution in [2.75, 3.05) is 6.61 Å². The first-order valence-corrected chi connectivity index (χ1v) is 9.46. The van der Waals surface area contributed by atoms with Gasteiger partial charge in [0.15, 0.2) is 0 Å². The van der Waals surface area contributed by atoms with Gasteiger partial charge in [0.25, 0.3) is 5.56 Å². The molecule has 0 radical (unpaired) electrons. The summed E-state index contributed by atoms with van der Waals surface area (Å²) < 4.78 is 20.9. The standard InChI is InChI=1S/C21H20FN3O4/c1-3-29-20(27)15-10-16(13-7-8-13)23-18-17(15)19(26)25(21(28)24(18)2)11-12-5-4-6-14(22)9-12/h4-6,9-10,13H,3,7-8,11H2,1-2H3. The molecule has 1 saturated carbocycles. The zero-order valence-corrected chi connectivity index (χ0v) is 16.1. The van der Waals surface area contributed by atoms with Crippen LogP contribution in [-0.4, -0.2) is 26.7 Å². The smallest absolute Gasteiger partial charge is 0.339 e. The molecule has 2 aromatic heterocycles. The Morgan fingerprint density at radius 1 is 1.28 bits per heavy atom. The van der Waals surface area contributed by atoms with Crippen molar-refractivity contribution in [2.24, 2.45) is 7.05 Å². The summed E-state index contributed by atoms with van der Waals surface area (Å²) in [6.07, 6.45) is 1.90. The minimum absolute atomic E-state index is 0.0337. The van der Waals surface area contributed by atoms with E-state index >= 15 is 0 Å². The zero-order chi connectivity index (χ0) is 20.7. The minimum atomic E-state index is -0.648. The van der Waals surface area contributed by atoms with E-state index in [4.69, 9.17) is 4.74 Å². The molecule has 0 unspecified atom stereocenters. The van der Waals surface area contributed by atoms with Gasteiger partial charge in [0, 0.05) is 18.7 Å². The van der Waals surface area contributed by atoms with Gasteiger partial charge in [-0.15, -0.1) is 0 Å². The number of hydrogen-bond donors (Lipinski definition) is 0. The summed E-state index contributed by atoms with van der Waals surface area (Å²) in [6, 6.07) is 7.27. The Morgan fingerprint density at radius 3 is 2.69 bits per heavy atom. The van der Waals surface area contributed by atoms with E-state index < -0.39 is 23.0 Å². The summed E-state index contributed by atoms with van der Waals surface area (Å²) in [6.45, 7) is 1.72. The molecule has 29 heavy (non-hydrogen) atoms. The number of pyridine rings is 1. The molecule has 1 fully saturated rings. The van der Waals surface area contributed by atoms with Crippen LogP contribution in [0.25, 0.3) is 11.0 Å². The lowest BCUT2D eigenvalue weighted by Crippen LogP contribution is -2.40. The van der Waals surface area contributed by atoms with Crippen molar-refractivity contribution in [3.8, 4) is 0 Å². The molecule has 150 valence electrons. The Hall–Kier alpha value is -3.29. The Bertz CT molecular complexity index is 1240. The van der Waals surface area contributed by atoms with Gasteiger partial charge in [-0.05, 0) is 43.5 Å². The fourth-order valence-electron chi connectivity index (χ4n) is 3.41. The number of benzene rings is 1. The number of aromatic nitrogens is 3. The number of carbonyl (C=O) groups excluding carboxylic acids is 1. The SMILES string of the molecule is CCOC(=O)c1cc(C2CC2)nc2c1c(=O)n(Cc1cccc(F)c1)c(=O)n2C. The highest BCUT2D eigenvalue weighted by molar-refractivity contribution is 6.02. The van der Waals surface area contributed by atoms with Crippen LogP contribution in [0.2, 0.25) is 0 Å². The molecular formula is C21H20FN3O4. The van der Waals surface area contributed by atoms with Crippen LogP contribution in [0, 0.1) is 5.82 Å². The quantitative estimate of drug-likeness (QED) is 0.617. The van der Waals surface area contributed by atoms with E-state index in [9.17, 15) is 18.8 Å². The lowest BCUT2D eigenvalue weighted by Gasteiger charge is -2.14. The van der Waals surface area contributed by atoms with E-state index in [0.29, 0.717) is 11.3 Å². The molecule has 0 N–H and O–H groups in total. The molecule has 1 aromatic carbocycles. The normalized spacial score (nSPS) is 13.6. The Labute approximate surface area is 165 Å². The zero-order valence-electron chi connectivity index (χ0n) is 16.1. The van der Waals surface area contributed by atoms with Gasteiger partial charge in [-0.3, -0.25) is 13.9 Å².